The Balaban J connectivity index is 2.48. The Labute approximate surface area is 113 Å². The molecule has 1 heterocycles. The molecular formula is C12H23N3O2S. The summed E-state index contributed by atoms with van der Waals surface area (Å²) in [5.41, 5.74) is 5.19. The Bertz CT molecular complexity index is 291. The molecule has 1 unspecified atom stereocenters. The van der Waals surface area contributed by atoms with E-state index in [9.17, 15) is 9.59 Å². The van der Waals surface area contributed by atoms with Crippen molar-refractivity contribution in [1.29, 1.82) is 0 Å². The van der Waals surface area contributed by atoms with Crippen molar-refractivity contribution in [2.45, 2.75) is 26.3 Å². The second kappa shape index (κ2) is 7.63. The molecule has 1 aliphatic rings. The number of carbonyl (C=O) groups excluding carboxylic acids is 2. The molecule has 6 heteroatoms. The number of amides is 2. The molecule has 1 saturated heterocycles. The first-order chi connectivity index (χ1) is 8.49. The van der Waals surface area contributed by atoms with Crippen LogP contribution in [-0.4, -0.2) is 53.9 Å². The maximum absolute atomic E-state index is 12.2. The Hall–Kier alpha value is -0.750. The van der Waals surface area contributed by atoms with E-state index in [4.69, 9.17) is 5.73 Å². The van der Waals surface area contributed by atoms with Gasteiger partial charge in [-0.15, -0.1) is 0 Å². The molecule has 0 aromatic carbocycles. The van der Waals surface area contributed by atoms with E-state index < -0.39 is 5.91 Å². The minimum atomic E-state index is -0.449. The third-order valence-electron chi connectivity index (χ3n) is 2.70. The van der Waals surface area contributed by atoms with Crippen LogP contribution in [0, 0.1) is 5.92 Å². The van der Waals surface area contributed by atoms with Crippen LogP contribution >= 0.6 is 11.8 Å². The molecule has 0 saturated carbocycles. The summed E-state index contributed by atoms with van der Waals surface area (Å²) < 4.78 is 0. The lowest BCUT2D eigenvalue weighted by Crippen LogP contribution is -2.45. The smallest absolute Gasteiger partial charge is 0.237 e. The van der Waals surface area contributed by atoms with Crippen molar-refractivity contribution in [3.05, 3.63) is 0 Å². The SMILES string of the molecule is CC(C)CN(CC(N)=O)C(=O)CC1CSCCN1. The van der Waals surface area contributed by atoms with Crippen LogP contribution in [0.15, 0.2) is 0 Å². The number of thioether (sulfide) groups is 1. The van der Waals surface area contributed by atoms with Gasteiger partial charge in [0.15, 0.2) is 0 Å². The lowest BCUT2D eigenvalue weighted by Gasteiger charge is -2.27. The summed E-state index contributed by atoms with van der Waals surface area (Å²) in [5.74, 6) is 1.96. The highest BCUT2D eigenvalue weighted by Gasteiger charge is 2.22. The minimum Gasteiger partial charge on any atom is -0.368 e. The maximum Gasteiger partial charge on any atom is 0.237 e. The second-order valence-electron chi connectivity index (χ2n) is 5.06. The zero-order valence-electron chi connectivity index (χ0n) is 11.1. The predicted molar refractivity (Wildman–Crippen MR) is 74.3 cm³/mol. The van der Waals surface area contributed by atoms with Gasteiger partial charge in [-0.2, -0.15) is 11.8 Å². The van der Waals surface area contributed by atoms with Crippen LogP contribution < -0.4 is 11.1 Å². The fourth-order valence-electron chi connectivity index (χ4n) is 1.97. The van der Waals surface area contributed by atoms with Crippen molar-refractivity contribution in [3.8, 4) is 0 Å². The fourth-order valence-corrected chi connectivity index (χ4v) is 2.92. The molecule has 0 radical (unpaired) electrons. The molecule has 0 aromatic heterocycles. The molecule has 18 heavy (non-hydrogen) atoms. The average Bonchev–Trinajstić information content (AvgIpc) is 2.28. The van der Waals surface area contributed by atoms with E-state index in [2.05, 4.69) is 5.32 Å². The van der Waals surface area contributed by atoms with Gasteiger partial charge < -0.3 is 16.0 Å². The van der Waals surface area contributed by atoms with Gasteiger partial charge in [-0.1, -0.05) is 13.8 Å². The van der Waals surface area contributed by atoms with Gasteiger partial charge >= 0.3 is 0 Å². The van der Waals surface area contributed by atoms with Crippen LogP contribution in [-0.2, 0) is 9.59 Å². The quantitative estimate of drug-likeness (QED) is 0.717. The Kier molecular flexibility index (Phi) is 6.49. The number of hydrogen-bond donors (Lipinski definition) is 2. The Morgan fingerprint density at radius 2 is 2.22 bits per heavy atom. The van der Waals surface area contributed by atoms with Gasteiger partial charge in [0, 0.05) is 37.1 Å². The van der Waals surface area contributed by atoms with Crippen molar-refractivity contribution in [3.63, 3.8) is 0 Å². The molecule has 1 rings (SSSR count). The molecule has 0 aromatic rings. The molecule has 1 fully saturated rings. The van der Waals surface area contributed by atoms with Crippen molar-refractivity contribution >= 4 is 23.6 Å². The van der Waals surface area contributed by atoms with Gasteiger partial charge in [-0.05, 0) is 5.92 Å². The standard InChI is InChI=1S/C12H23N3O2S/c1-9(2)6-15(7-11(13)16)12(17)5-10-8-18-4-3-14-10/h9-10,14H,3-8H2,1-2H3,(H2,13,16). The molecule has 0 spiro atoms. The van der Waals surface area contributed by atoms with Crippen molar-refractivity contribution in [2.24, 2.45) is 11.7 Å². The van der Waals surface area contributed by atoms with Crippen LogP contribution in [0.2, 0.25) is 0 Å². The van der Waals surface area contributed by atoms with Gasteiger partial charge in [0.05, 0.1) is 6.54 Å². The molecular weight excluding hydrogens is 250 g/mol. The van der Waals surface area contributed by atoms with Gasteiger partial charge in [0.1, 0.15) is 0 Å². The first-order valence-corrected chi connectivity index (χ1v) is 7.51. The number of primary amides is 1. The number of nitrogens with one attached hydrogen (secondary N) is 1. The van der Waals surface area contributed by atoms with E-state index in [0.717, 1.165) is 18.1 Å². The van der Waals surface area contributed by atoms with Crippen LogP contribution in [0.25, 0.3) is 0 Å². The van der Waals surface area contributed by atoms with Crippen LogP contribution in [0.1, 0.15) is 20.3 Å². The number of nitrogens with zero attached hydrogens (tertiary/aromatic N) is 1. The summed E-state index contributed by atoms with van der Waals surface area (Å²) in [6.45, 7) is 5.60. The summed E-state index contributed by atoms with van der Waals surface area (Å²) in [5, 5.41) is 3.33. The highest BCUT2D eigenvalue weighted by atomic mass is 32.2. The molecule has 5 nitrogen and oxygen atoms in total. The van der Waals surface area contributed by atoms with Crippen molar-refractivity contribution < 1.29 is 9.59 Å². The van der Waals surface area contributed by atoms with E-state index in [1.807, 2.05) is 25.6 Å². The molecule has 2 amide bonds. The van der Waals surface area contributed by atoms with Gasteiger partial charge in [-0.25, -0.2) is 0 Å². The summed E-state index contributed by atoms with van der Waals surface area (Å²) in [4.78, 5) is 24.7. The lowest BCUT2D eigenvalue weighted by atomic mass is 10.1. The topological polar surface area (TPSA) is 75.4 Å². The monoisotopic (exact) mass is 273 g/mol. The number of carbonyl (C=O) groups is 2. The number of nitrogens with two attached hydrogens (primary N) is 1. The lowest BCUT2D eigenvalue weighted by molar-refractivity contribution is -0.136. The molecule has 3 N–H and O–H groups in total. The summed E-state index contributed by atoms with van der Waals surface area (Å²) in [7, 11) is 0. The van der Waals surface area contributed by atoms with E-state index in [1.54, 1.807) is 4.90 Å². The summed E-state index contributed by atoms with van der Waals surface area (Å²) >= 11 is 1.86. The molecule has 1 atom stereocenters. The third-order valence-corrected chi connectivity index (χ3v) is 3.84. The largest absolute Gasteiger partial charge is 0.368 e. The zero-order chi connectivity index (χ0) is 13.5. The minimum absolute atomic E-state index is 0.0162. The molecule has 1 aliphatic heterocycles. The van der Waals surface area contributed by atoms with Crippen molar-refractivity contribution in [1.82, 2.24) is 10.2 Å². The van der Waals surface area contributed by atoms with Crippen LogP contribution in [0.5, 0.6) is 0 Å². The second-order valence-corrected chi connectivity index (χ2v) is 6.21. The van der Waals surface area contributed by atoms with E-state index in [0.29, 0.717) is 18.9 Å². The summed E-state index contributed by atoms with van der Waals surface area (Å²) in [6, 6.07) is 0.221. The van der Waals surface area contributed by atoms with E-state index in [-0.39, 0.29) is 18.5 Å². The Morgan fingerprint density at radius 1 is 1.50 bits per heavy atom. The molecule has 0 bridgehead atoms. The van der Waals surface area contributed by atoms with Crippen LogP contribution in [0.3, 0.4) is 0 Å². The first kappa shape index (κ1) is 15.3. The first-order valence-electron chi connectivity index (χ1n) is 6.36. The summed E-state index contributed by atoms with van der Waals surface area (Å²) in [6.07, 6.45) is 0.451. The van der Waals surface area contributed by atoms with Crippen LogP contribution in [0.4, 0.5) is 0 Å². The van der Waals surface area contributed by atoms with Gasteiger partial charge in [0.2, 0.25) is 11.8 Å². The highest BCUT2D eigenvalue weighted by Crippen LogP contribution is 2.12. The molecule has 0 aliphatic carbocycles. The third kappa shape index (κ3) is 5.73. The molecule has 104 valence electrons. The van der Waals surface area contributed by atoms with E-state index >= 15 is 0 Å². The van der Waals surface area contributed by atoms with Gasteiger partial charge in [0.25, 0.3) is 0 Å². The Morgan fingerprint density at radius 3 is 2.72 bits per heavy atom. The highest BCUT2D eigenvalue weighted by molar-refractivity contribution is 7.99. The van der Waals surface area contributed by atoms with Crippen molar-refractivity contribution in [2.75, 3.05) is 31.1 Å². The predicted octanol–water partition coefficient (Wildman–Crippen LogP) is 0.0514. The van der Waals surface area contributed by atoms with Gasteiger partial charge in [-0.3, -0.25) is 9.59 Å². The maximum atomic E-state index is 12.2. The number of rotatable bonds is 6. The average molecular weight is 273 g/mol. The normalized spacial score (nSPS) is 19.8. The van der Waals surface area contributed by atoms with E-state index in [1.165, 1.54) is 0 Å². The zero-order valence-corrected chi connectivity index (χ0v) is 12.0. The fraction of sp³-hybridized carbons (Fsp3) is 0.833. The number of hydrogen-bond acceptors (Lipinski definition) is 4.